The Balaban J connectivity index is 1.57. The van der Waals surface area contributed by atoms with Gasteiger partial charge in [-0.05, 0) is 60.7 Å². The van der Waals surface area contributed by atoms with E-state index in [4.69, 9.17) is 39.5 Å². The molecule has 4 aromatic rings. The van der Waals surface area contributed by atoms with Gasteiger partial charge in [-0.1, -0.05) is 59.1 Å². The lowest BCUT2D eigenvalue weighted by molar-refractivity contribution is -0.110. The highest BCUT2D eigenvalue weighted by Crippen LogP contribution is 2.31. The smallest absolute Gasteiger partial charge is 0.230 e. The average molecular weight is 482 g/mol. The molecule has 1 aromatic heterocycles. The largest absolute Gasteiger partial charge is 0.438 e. The monoisotopic (exact) mass is 480 g/mol. The summed E-state index contributed by atoms with van der Waals surface area (Å²) in [5.74, 6) is 0.683. The third-order valence-corrected chi connectivity index (χ3v) is 5.42. The van der Waals surface area contributed by atoms with Crippen LogP contribution in [0.4, 0.5) is 0 Å². The number of para-hydroxylation sites is 1. The molecule has 0 N–H and O–H groups in total. The molecule has 0 aliphatic carbocycles. The van der Waals surface area contributed by atoms with Crippen molar-refractivity contribution in [2.24, 2.45) is 0 Å². The van der Waals surface area contributed by atoms with E-state index in [1.54, 1.807) is 54.6 Å². The first kappa shape index (κ1) is 22.0. The van der Waals surface area contributed by atoms with Crippen molar-refractivity contribution in [2.45, 2.75) is 0 Å². The molecule has 0 fully saturated rings. The zero-order chi connectivity index (χ0) is 22.5. The Morgan fingerprint density at radius 3 is 2.41 bits per heavy atom. The minimum Gasteiger partial charge on any atom is -0.438 e. The van der Waals surface area contributed by atoms with Crippen LogP contribution in [0.2, 0.25) is 15.1 Å². The van der Waals surface area contributed by atoms with E-state index in [1.165, 1.54) is 18.5 Å². The summed E-state index contributed by atoms with van der Waals surface area (Å²) in [6, 6.07) is 17.8. The first-order valence-electron chi connectivity index (χ1n) is 9.52. The van der Waals surface area contributed by atoms with Crippen LogP contribution in [0.3, 0.4) is 0 Å². The molecule has 0 saturated heterocycles. The van der Waals surface area contributed by atoms with E-state index in [0.29, 0.717) is 48.7 Å². The van der Waals surface area contributed by atoms with Crippen molar-refractivity contribution >= 4 is 63.6 Å². The van der Waals surface area contributed by atoms with E-state index in [0.717, 1.165) is 0 Å². The van der Waals surface area contributed by atoms with Crippen molar-refractivity contribution in [1.82, 2.24) is 9.97 Å². The highest BCUT2D eigenvalue weighted by molar-refractivity contribution is 6.37. The fraction of sp³-hybridized carbons (Fsp3) is 0. The first-order chi connectivity index (χ1) is 15.5. The molecule has 0 aliphatic heterocycles. The molecular formula is C25H15Cl3N2O2. The van der Waals surface area contributed by atoms with Crippen molar-refractivity contribution in [3.05, 3.63) is 105 Å². The number of ether oxygens (including phenoxy) is 1. The summed E-state index contributed by atoms with van der Waals surface area (Å²) in [6.07, 6.45) is 7.55. The van der Waals surface area contributed by atoms with Gasteiger partial charge in [0.1, 0.15) is 12.1 Å². The lowest BCUT2D eigenvalue weighted by atomic mass is 10.1. The number of benzene rings is 3. The zero-order valence-electron chi connectivity index (χ0n) is 16.5. The molecule has 0 atom stereocenters. The third-order valence-electron chi connectivity index (χ3n) is 4.53. The van der Waals surface area contributed by atoms with Gasteiger partial charge in [-0.2, -0.15) is 0 Å². The minimum absolute atomic E-state index is 0.227. The predicted molar refractivity (Wildman–Crippen MR) is 131 cm³/mol. The second kappa shape index (κ2) is 9.96. The number of halogens is 3. The van der Waals surface area contributed by atoms with Gasteiger partial charge in [-0.3, -0.25) is 4.79 Å². The fourth-order valence-electron chi connectivity index (χ4n) is 2.96. The van der Waals surface area contributed by atoms with Crippen LogP contribution < -0.4 is 4.74 Å². The van der Waals surface area contributed by atoms with Crippen LogP contribution in [0.15, 0.2) is 79.1 Å². The maximum Gasteiger partial charge on any atom is 0.230 e. The normalized spacial score (nSPS) is 11.5. The maximum atomic E-state index is 12.4. The second-order valence-corrected chi connectivity index (χ2v) is 7.94. The fourth-order valence-corrected chi connectivity index (χ4v) is 3.66. The van der Waals surface area contributed by atoms with Crippen LogP contribution in [0, 0.1) is 0 Å². The Hall–Kier alpha value is -3.18. The molecule has 0 unspecified atom stereocenters. The Kier molecular flexibility index (Phi) is 6.86. The molecule has 3 aromatic carbocycles. The van der Waals surface area contributed by atoms with Gasteiger partial charge in [-0.25, -0.2) is 9.97 Å². The van der Waals surface area contributed by atoms with E-state index >= 15 is 0 Å². The molecule has 0 saturated carbocycles. The first-order valence-corrected chi connectivity index (χ1v) is 10.7. The number of hydrogen-bond donors (Lipinski definition) is 0. The zero-order valence-corrected chi connectivity index (χ0v) is 18.8. The van der Waals surface area contributed by atoms with Crippen LogP contribution in [-0.4, -0.2) is 15.8 Å². The Morgan fingerprint density at radius 2 is 1.59 bits per heavy atom. The SMILES string of the molecule is O=C(/C=C/c1ccccc1Oc1ncnc2ccc(Cl)cc12)/C=C/c1c(Cl)cccc1Cl. The maximum absolute atomic E-state index is 12.4. The lowest BCUT2D eigenvalue weighted by Crippen LogP contribution is -1.93. The van der Waals surface area contributed by atoms with Gasteiger partial charge in [-0.15, -0.1) is 0 Å². The second-order valence-electron chi connectivity index (χ2n) is 6.68. The van der Waals surface area contributed by atoms with E-state index in [9.17, 15) is 4.79 Å². The molecule has 32 heavy (non-hydrogen) atoms. The summed E-state index contributed by atoms with van der Waals surface area (Å²) >= 11 is 18.4. The lowest BCUT2D eigenvalue weighted by Gasteiger charge is -2.10. The number of rotatable bonds is 6. The molecule has 7 heteroatoms. The van der Waals surface area contributed by atoms with Gasteiger partial charge in [0, 0.05) is 26.2 Å². The molecule has 0 amide bonds. The summed E-state index contributed by atoms with van der Waals surface area (Å²) in [4.78, 5) is 20.8. The molecule has 0 spiro atoms. The molecule has 0 bridgehead atoms. The van der Waals surface area contributed by atoms with Crippen molar-refractivity contribution in [2.75, 3.05) is 0 Å². The molecule has 0 aliphatic rings. The number of carbonyl (C=O) groups is 1. The molecule has 4 rings (SSSR count). The van der Waals surface area contributed by atoms with E-state index in [-0.39, 0.29) is 5.78 Å². The molecule has 1 heterocycles. The number of carbonyl (C=O) groups excluding carboxylic acids is 1. The quantitative estimate of drug-likeness (QED) is 0.265. The summed E-state index contributed by atoms with van der Waals surface area (Å²) in [5.41, 5.74) is 2.01. The van der Waals surface area contributed by atoms with Gasteiger partial charge in [0.15, 0.2) is 5.78 Å². The molecule has 4 nitrogen and oxygen atoms in total. The van der Waals surface area contributed by atoms with Crippen molar-refractivity contribution < 1.29 is 9.53 Å². The molecular weight excluding hydrogens is 467 g/mol. The Labute approximate surface area is 199 Å². The van der Waals surface area contributed by atoms with E-state index < -0.39 is 0 Å². The van der Waals surface area contributed by atoms with Gasteiger partial charge >= 0.3 is 0 Å². The number of hydrogen-bond acceptors (Lipinski definition) is 4. The van der Waals surface area contributed by atoms with Crippen LogP contribution in [0.25, 0.3) is 23.1 Å². The van der Waals surface area contributed by atoms with Crippen LogP contribution >= 0.6 is 34.8 Å². The van der Waals surface area contributed by atoms with Crippen molar-refractivity contribution in [3.63, 3.8) is 0 Å². The van der Waals surface area contributed by atoms with E-state index in [2.05, 4.69) is 9.97 Å². The van der Waals surface area contributed by atoms with Crippen molar-refractivity contribution in [3.8, 4) is 11.6 Å². The molecule has 0 radical (unpaired) electrons. The Bertz CT molecular complexity index is 1350. The topological polar surface area (TPSA) is 52.1 Å². The molecule has 158 valence electrons. The number of aromatic nitrogens is 2. The van der Waals surface area contributed by atoms with Crippen LogP contribution in [0.5, 0.6) is 11.6 Å². The standard InChI is InChI=1S/C25H15Cl3N2O2/c26-17-9-13-23-20(14-17)25(30-15-29-23)32-24-7-2-1-4-16(24)8-10-18(31)11-12-19-21(27)5-3-6-22(19)28/h1-15H/b10-8+,12-11+. The van der Waals surface area contributed by atoms with Gasteiger partial charge in [0.2, 0.25) is 5.88 Å². The van der Waals surface area contributed by atoms with Crippen LogP contribution in [-0.2, 0) is 4.79 Å². The summed E-state index contributed by atoms with van der Waals surface area (Å²) in [6.45, 7) is 0. The van der Waals surface area contributed by atoms with Crippen molar-refractivity contribution in [1.29, 1.82) is 0 Å². The van der Waals surface area contributed by atoms with Gasteiger partial charge in [0.05, 0.1) is 10.9 Å². The Morgan fingerprint density at radius 1 is 0.844 bits per heavy atom. The number of allylic oxidation sites excluding steroid dienone is 2. The minimum atomic E-state index is -0.227. The third kappa shape index (κ3) is 5.17. The number of ketones is 1. The van der Waals surface area contributed by atoms with Gasteiger partial charge in [0.25, 0.3) is 0 Å². The summed E-state index contributed by atoms with van der Waals surface area (Å²) in [5, 5.41) is 2.19. The summed E-state index contributed by atoms with van der Waals surface area (Å²) < 4.78 is 6.05. The van der Waals surface area contributed by atoms with E-state index in [1.807, 2.05) is 18.2 Å². The average Bonchev–Trinajstić information content (AvgIpc) is 2.78. The predicted octanol–water partition coefficient (Wildman–Crippen LogP) is 7.68. The highest BCUT2D eigenvalue weighted by Gasteiger charge is 2.09. The number of fused-ring (bicyclic) bond motifs is 1. The number of nitrogens with zero attached hydrogens (tertiary/aromatic N) is 2. The van der Waals surface area contributed by atoms with Crippen LogP contribution in [0.1, 0.15) is 11.1 Å². The van der Waals surface area contributed by atoms with Gasteiger partial charge < -0.3 is 4.74 Å². The summed E-state index contributed by atoms with van der Waals surface area (Å²) in [7, 11) is 0. The highest BCUT2D eigenvalue weighted by atomic mass is 35.5.